The second-order valence-electron chi connectivity index (χ2n) is 17.8. The Kier molecular flexibility index (Phi) is 19.4. The number of thioether (sulfide) groups is 1. The summed E-state index contributed by atoms with van der Waals surface area (Å²) in [6.45, 7) is 12.8. The molecule has 0 saturated carbocycles. The number of aromatic nitrogens is 4. The largest absolute Gasteiger partial charge is 0.497 e. The van der Waals surface area contributed by atoms with Gasteiger partial charge >= 0.3 is 0 Å². The molecule has 1 unspecified atom stereocenters. The smallest absolute Gasteiger partial charge is 0.280 e. The average Bonchev–Trinajstić information content (AvgIpc) is 4.00. The van der Waals surface area contributed by atoms with Crippen LogP contribution in [0.25, 0.3) is 11.2 Å². The number of fused-ring (bicyclic) bond motifs is 1. The number of hydrogen-bond donors (Lipinski definition) is 2. The summed E-state index contributed by atoms with van der Waals surface area (Å²) in [4.78, 5) is 50.5. The van der Waals surface area contributed by atoms with Crippen LogP contribution in [-0.4, -0.2) is 113 Å². The lowest BCUT2D eigenvalue weighted by Gasteiger charge is -2.39. The maximum absolute atomic E-state index is 13.5. The molecule has 6 aromatic rings. The van der Waals surface area contributed by atoms with E-state index in [-0.39, 0.29) is 66.5 Å². The lowest BCUT2D eigenvalue weighted by Crippen LogP contribution is -2.39. The fourth-order valence-corrected chi connectivity index (χ4v) is 10.8. The van der Waals surface area contributed by atoms with Gasteiger partial charge in [0.2, 0.25) is 5.95 Å². The van der Waals surface area contributed by atoms with E-state index in [2.05, 4.69) is 52.6 Å². The van der Waals surface area contributed by atoms with Crippen LogP contribution < -0.4 is 25.1 Å². The minimum Gasteiger partial charge on any atom is -0.497 e. The summed E-state index contributed by atoms with van der Waals surface area (Å²) in [7, 11) is 1.52. The number of ether oxygens (including phenoxy) is 6. The van der Waals surface area contributed by atoms with Gasteiger partial charge in [0.05, 0.1) is 53.1 Å². The molecular weight excluding hydrogens is 960 g/mol. The third-order valence-electron chi connectivity index (χ3n) is 11.8. The van der Waals surface area contributed by atoms with E-state index in [9.17, 15) is 14.4 Å². The van der Waals surface area contributed by atoms with Gasteiger partial charge in [0.25, 0.3) is 20.0 Å². The van der Waals surface area contributed by atoms with Crippen LogP contribution in [0.1, 0.15) is 70.9 Å². The van der Waals surface area contributed by atoms with Crippen molar-refractivity contribution < 1.29 is 47.1 Å². The third-order valence-corrected chi connectivity index (χ3v) is 15.1. The molecule has 7 rings (SSSR count). The fourth-order valence-electron chi connectivity index (χ4n) is 8.33. The maximum Gasteiger partial charge on any atom is 0.280 e. The zero-order valence-corrected chi connectivity index (χ0v) is 43.7. The molecule has 1 amide bonds. The molecule has 1 aliphatic rings. The van der Waals surface area contributed by atoms with Crippen molar-refractivity contribution in [1.29, 1.82) is 0 Å². The molecule has 0 bridgehead atoms. The van der Waals surface area contributed by atoms with Crippen LogP contribution in [0.4, 0.5) is 5.95 Å². The third kappa shape index (κ3) is 13.5. The summed E-state index contributed by atoms with van der Waals surface area (Å²) >= 11 is 1.27. The summed E-state index contributed by atoms with van der Waals surface area (Å²) in [5, 5.41) is 2.78. The van der Waals surface area contributed by atoms with Crippen molar-refractivity contribution in [3.63, 3.8) is 0 Å². The lowest BCUT2D eigenvalue weighted by atomic mass is 9.80. The second kappa shape index (κ2) is 25.8. The monoisotopic (exact) mass is 1020 g/mol. The number of para-hydroxylation sites is 1. The van der Waals surface area contributed by atoms with E-state index in [0.717, 1.165) is 16.7 Å². The highest BCUT2D eigenvalue weighted by atomic mass is 32.2. The van der Waals surface area contributed by atoms with E-state index in [1.54, 1.807) is 43.1 Å². The van der Waals surface area contributed by atoms with E-state index >= 15 is 0 Å². The molecule has 2 N–H and O–H groups in total. The number of nitrogens with one attached hydrogen (secondary N) is 2. The number of hydrogen-bond acceptors (Lipinski definition) is 15. The molecule has 4 aromatic carbocycles. The zero-order valence-electron chi connectivity index (χ0n) is 42.0. The average molecular weight is 1030 g/mol. The number of benzene rings is 4. The van der Waals surface area contributed by atoms with Crippen molar-refractivity contribution in [3.05, 3.63) is 143 Å². The molecule has 17 nitrogen and oxygen atoms in total. The Balaban J connectivity index is 1.23. The number of imidazole rings is 1. The van der Waals surface area contributed by atoms with Gasteiger partial charge in [-0.3, -0.25) is 29.3 Å². The van der Waals surface area contributed by atoms with Crippen molar-refractivity contribution in [3.8, 4) is 17.2 Å². The highest BCUT2D eigenvalue weighted by Gasteiger charge is 2.45. The van der Waals surface area contributed by atoms with Crippen molar-refractivity contribution >= 4 is 48.4 Å². The zero-order chi connectivity index (χ0) is 51.2. The predicted molar refractivity (Wildman–Crippen MR) is 278 cm³/mol. The Hall–Kier alpha value is -5.69. The Bertz CT molecular complexity index is 2650. The molecule has 0 aliphatic carbocycles. The van der Waals surface area contributed by atoms with Gasteiger partial charge in [0.1, 0.15) is 35.2 Å². The molecule has 0 radical (unpaired) electrons. The first-order valence-electron chi connectivity index (χ1n) is 24.0. The molecule has 4 atom stereocenters. The normalized spacial score (nSPS) is 16.5. The first kappa shape index (κ1) is 54.1. The number of methoxy groups -OCH3 is 2. The van der Waals surface area contributed by atoms with E-state index < -0.39 is 44.0 Å². The van der Waals surface area contributed by atoms with Crippen molar-refractivity contribution in [2.75, 3.05) is 58.3 Å². The molecule has 3 heterocycles. The number of carbonyl (C=O) groups is 2. The van der Waals surface area contributed by atoms with Gasteiger partial charge in [-0.25, -0.2) is 9.65 Å². The van der Waals surface area contributed by atoms with Gasteiger partial charge in [0.15, 0.2) is 22.9 Å². The summed E-state index contributed by atoms with van der Waals surface area (Å²) in [5.74, 6) is 1.79. The van der Waals surface area contributed by atoms with E-state index in [1.807, 2.05) is 98.8 Å². The van der Waals surface area contributed by atoms with Crippen molar-refractivity contribution in [2.24, 2.45) is 5.92 Å². The Morgan fingerprint density at radius 2 is 1.44 bits per heavy atom. The molecule has 1 fully saturated rings. The minimum absolute atomic E-state index is 0.0138. The summed E-state index contributed by atoms with van der Waals surface area (Å²) < 4.78 is 54.8. The molecule has 1 aliphatic heterocycles. The Morgan fingerprint density at radius 3 is 2.04 bits per heavy atom. The molecule has 19 heteroatoms. The first-order chi connectivity index (χ1) is 34.8. The number of nitrogens with zero attached hydrogens (tertiary/aromatic N) is 4. The molecular formula is C53H65N6O11PS. The van der Waals surface area contributed by atoms with Crippen LogP contribution >= 0.6 is 20.3 Å². The van der Waals surface area contributed by atoms with Gasteiger partial charge < -0.3 is 37.5 Å². The number of amides is 1. The van der Waals surface area contributed by atoms with Crippen LogP contribution in [0, 0.1) is 5.92 Å². The Labute approximate surface area is 426 Å². The Morgan fingerprint density at radius 1 is 0.833 bits per heavy atom. The van der Waals surface area contributed by atoms with Gasteiger partial charge in [0, 0.05) is 30.2 Å². The molecule has 72 heavy (non-hydrogen) atoms. The number of carbonyl (C=O) groups excluding carboxylic acids is 2. The SMILES string of the molecule is COc1ccc(C(OC[C@H]2O[C@@H](n3cnc4c(=O)[nH]c(NC(=O)COc5ccccc5)nc43)C[C@@H]2OP(OCCOCCSC(=O)C(C)C)N(C(C)C)C(C)C)(c2ccccc2)c2ccc(OC)cc2)cc1. The number of aromatic amines is 1. The summed E-state index contributed by atoms with van der Waals surface area (Å²) in [6.07, 6.45) is -0.366. The lowest BCUT2D eigenvalue weighted by molar-refractivity contribution is -0.118. The van der Waals surface area contributed by atoms with Crippen LogP contribution in [0.5, 0.6) is 17.2 Å². The van der Waals surface area contributed by atoms with Crippen LogP contribution in [0.15, 0.2) is 120 Å². The van der Waals surface area contributed by atoms with Crippen LogP contribution in [0.3, 0.4) is 0 Å². The molecule has 384 valence electrons. The van der Waals surface area contributed by atoms with E-state index in [4.69, 9.17) is 37.5 Å². The van der Waals surface area contributed by atoms with Gasteiger partial charge in [-0.15, -0.1) is 0 Å². The van der Waals surface area contributed by atoms with Gasteiger partial charge in [-0.2, -0.15) is 4.98 Å². The second-order valence-corrected chi connectivity index (χ2v) is 20.3. The first-order valence-corrected chi connectivity index (χ1v) is 26.1. The minimum atomic E-state index is -1.74. The van der Waals surface area contributed by atoms with Crippen molar-refractivity contribution in [1.82, 2.24) is 24.2 Å². The number of H-pyrrole nitrogens is 1. The summed E-state index contributed by atoms with van der Waals surface area (Å²) in [5.41, 5.74) is 1.05. The number of anilines is 1. The number of rotatable bonds is 26. The topological polar surface area (TPSA) is 187 Å². The predicted octanol–water partition coefficient (Wildman–Crippen LogP) is 9.13. The van der Waals surface area contributed by atoms with Crippen LogP contribution in [-0.2, 0) is 38.4 Å². The molecule has 1 saturated heterocycles. The highest BCUT2D eigenvalue weighted by Crippen LogP contribution is 2.51. The van der Waals surface area contributed by atoms with Gasteiger partial charge in [-0.1, -0.05) is 98.4 Å². The van der Waals surface area contributed by atoms with E-state index in [1.165, 1.54) is 18.1 Å². The molecule has 2 aromatic heterocycles. The highest BCUT2D eigenvalue weighted by molar-refractivity contribution is 8.13. The van der Waals surface area contributed by atoms with Gasteiger partial charge in [-0.05, 0) is 80.8 Å². The quantitative estimate of drug-likeness (QED) is 0.0297. The standard InChI is InChI=1S/C53H65N6O11PS/c1-35(2)51(62)72-30-29-65-27-28-68-71(59(36(3)4)37(5)6)70-44-31-47(58-34-54-48-49(58)56-52(57-50(48)61)55-46(60)33-66-43-17-13-10-14-18-43)69-45(44)32-67-53(38-15-11-9-12-16-38,39-19-23-41(63-7)24-20-39)40-21-25-42(64-8)26-22-40/h9-26,34-37,44-45,47H,27-33H2,1-8H3,(H2,55,56,57,60,61)/t44-,45+,47+,71?/m0/s1. The molecule has 0 spiro atoms. The fraction of sp³-hybridized carbons (Fsp3) is 0.415. The van der Waals surface area contributed by atoms with E-state index in [0.29, 0.717) is 36.2 Å². The summed E-state index contributed by atoms with van der Waals surface area (Å²) in [6, 6.07) is 34.6. The van der Waals surface area contributed by atoms with Crippen LogP contribution in [0.2, 0.25) is 0 Å². The van der Waals surface area contributed by atoms with Crippen molar-refractivity contribution in [2.45, 2.75) is 84.1 Å². The maximum atomic E-state index is 13.5.